The minimum Gasteiger partial charge on any atom is -0.478 e. The molecule has 7 nitrogen and oxygen atoms in total. The smallest absolute Gasteiger partial charge is 0.330 e. The monoisotopic (exact) mass is 304 g/mol. The third-order valence-corrected chi connectivity index (χ3v) is 2.52. The van der Waals surface area contributed by atoms with Crippen molar-refractivity contribution in [3.63, 3.8) is 0 Å². The van der Waals surface area contributed by atoms with Crippen LogP contribution in [0.2, 0.25) is 0 Å². The highest BCUT2D eigenvalue weighted by atomic mass is 16.6. The van der Waals surface area contributed by atoms with Gasteiger partial charge in [0.1, 0.15) is 12.2 Å². The molecule has 2 rings (SSSR count). The first-order valence-corrected chi connectivity index (χ1v) is 6.95. The van der Waals surface area contributed by atoms with Crippen LogP contribution >= 0.6 is 0 Å². The van der Waals surface area contributed by atoms with Gasteiger partial charge < -0.3 is 28.8 Å². The van der Waals surface area contributed by atoms with Gasteiger partial charge in [-0.25, -0.2) is 4.79 Å². The fourth-order valence-corrected chi connectivity index (χ4v) is 1.10. The SMILES string of the molecule is C(COCC1CO1)OCCOCC1CO1.C=C(C)C(=O)O. The predicted molar refractivity (Wildman–Crippen MR) is 74.4 cm³/mol. The maximum absolute atomic E-state index is 9.60. The van der Waals surface area contributed by atoms with Gasteiger partial charge in [0.15, 0.2) is 0 Å². The van der Waals surface area contributed by atoms with E-state index >= 15 is 0 Å². The molecule has 0 bridgehead atoms. The fourth-order valence-electron chi connectivity index (χ4n) is 1.10. The summed E-state index contributed by atoms with van der Waals surface area (Å²) < 4.78 is 25.9. The molecule has 2 fully saturated rings. The van der Waals surface area contributed by atoms with Gasteiger partial charge in [-0.1, -0.05) is 6.58 Å². The fraction of sp³-hybridized carbons (Fsp3) is 0.786. The van der Waals surface area contributed by atoms with Crippen LogP contribution in [0.5, 0.6) is 0 Å². The predicted octanol–water partition coefficient (Wildman–Crippen LogP) is 0.481. The van der Waals surface area contributed by atoms with E-state index in [-0.39, 0.29) is 5.57 Å². The van der Waals surface area contributed by atoms with E-state index in [9.17, 15) is 4.79 Å². The molecular weight excluding hydrogens is 280 g/mol. The summed E-state index contributed by atoms with van der Waals surface area (Å²) in [5.41, 5.74) is 0.176. The molecular formula is C14H24O7. The van der Waals surface area contributed by atoms with Gasteiger partial charge >= 0.3 is 5.97 Å². The molecule has 0 saturated carbocycles. The molecule has 0 amide bonds. The van der Waals surface area contributed by atoms with Gasteiger partial charge in [0, 0.05) is 5.57 Å². The van der Waals surface area contributed by atoms with E-state index in [1.54, 1.807) is 0 Å². The minimum atomic E-state index is -0.935. The molecule has 2 aliphatic rings. The van der Waals surface area contributed by atoms with Crippen molar-refractivity contribution >= 4 is 5.97 Å². The molecule has 7 heteroatoms. The van der Waals surface area contributed by atoms with Crippen molar-refractivity contribution in [2.24, 2.45) is 0 Å². The molecule has 0 aromatic heterocycles. The maximum atomic E-state index is 9.60. The van der Waals surface area contributed by atoms with Crippen molar-refractivity contribution in [1.29, 1.82) is 0 Å². The van der Waals surface area contributed by atoms with Crippen LogP contribution in [0.15, 0.2) is 12.2 Å². The summed E-state index contributed by atoms with van der Waals surface area (Å²) in [6.07, 6.45) is 0.679. The molecule has 21 heavy (non-hydrogen) atoms. The lowest BCUT2D eigenvalue weighted by molar-refractivity contribution is -0.132. The second-order valence-electron chi connectivity index (χ2n) is 4.76. The molecule has 1 N–H and O–H groups in total. The summed E-state index contributed by atoms with van der Waals surface area (Å²) >= 11 is 0. The Morgan fingerprint density at radius 2 is 1.38 bits per heavy atom. The van der Waals surface area contributed by atoms with Gasteiger partial charge in [0.2, 0.25) is 0 Å². The van der Waals surface area contributed by atoms with E-state index in [1.807, 2.05) is 0 Å². The second-order valence-corrected chi connectivity index (χ2v) is 4.76. The summed E-state index contributed by atoms with van der Waals surface area (Å²) in [5, 5.41) is 7.89. The highest BCUT2D eigenvalue weighted by Gasteiger charge is 2.22. The third kappa shape index (κ3) is 12.5. The zero-order valence-corrected chi connectivity index (χ0v) is 12.4. The van der Waals surface area contributed by atoms with Crippen molar-refractivity contribution in [2.75, 3.05) is 52.9 Å². The minimum absolute atomic E-state index is 0.176. The number of hydrogen-bond acceptors (Lipinski definition) is 6. The van der Waals surface area contributed by atoms with Crippen LogP contribution < -0.4 is 0 Å². The Hall–Kier alpha value is -0.990. The average molecular weight is 304 g/mol. The number of hydrogen-bond donors (Lipinski definition) is 1. The molecule has 0 radical (unpaired) electrons. The normalized spacial score (nSPS) is 22.1. The van der Waals surface area contributed by atoms with E-state index in [1.165, 1.54) is 6.92 Å². The molecule has 0 aliphatic carbocycles. The average Bonchev–Trinajstić information content (AvgIpc) is 3.32. The van der Waals surface area contributed by atoms with Crippen LogP contribution in [0.1, 0.15) is 6.92 Å². The first kappa shape index (κ1) is 18.1. The van der Waals surface area contributed by atoms with Crippen molar-refractivity contribution in [2.45, 2.75) is 19.1 Å². The van der Waals surface area contributed by atoms with E-state index in [0.29, 0.717) is 51.8 Å². The van der Waals surface area contributed by atoms with Crippen molar-refractivity contribution in [3.8, 4) is 0 Å². The summed E-state index contributed by atoms with van der Waals surface area (Å²) in [6, 6.07) is 0. The number of aliphatic carboxylic acids is 1. The Morgan fingerprint density at radius 3 is 1.67 bits per heavy atom. The Bertz CT molecular complexity index is 280. The quantitative estimate of drug-likeness (QED) is 0.337. The Kier molecular flexibility index (Phi) is 9.20. The molecule has 2 saturated heterocycles. The number of carboxylic acids is 1. The zero-order chi connectivity index (χ0) is 15.5. The van der Waals surface area contributed by atoms with Crippen LogP contribution in [0.3, 0.4) is 0 Å². The van der Waals surface area contributed by atoms with Gasteiger partial charge in [-0.2, -0.15) is 0 Å². The lowest BCUT2D eigenvalue weighted by Gasteiger charge is -2.05. The third-order valence-electron chi connectivity index (χ3n) is 2.52. The van der Waals surface area contributed by atoms with Crippen molar-refractivity contribution in [3.05, 3.63) is 12.2 Å². The summed E-state index contributed by atoms with van der Waals surface area (Å²) in [4.78, 5) is 9.60. The Morgan fingerprint density at radius 1 is 1.05 bits per heavy atom. The highest BCUT2D eigenvalue weighted by molar-refractivity contribution is 5.84. The number of carboxylic acid groups (broad SMARTS) is 1. The Balaban J connectivity index is 0.000000315. The number of epoxide rings is 2. The van der Waals surface area contributed by atoms with Crippen LogP contribution in [-0.2, 0) is 28.5 Å². The molecule has 2 aliphatic heterocycles. The van der Waals surface area contributed by atoms with Gasteiger partial charge in [-0.15, -0.1) is 0 Å². The van der Waals surface area contributed by atoms with E-state index in [4.69, 9.17) is 28.8 Å². The number of rotatable bonds is 11. The summed E-state index contributed by atoms with van der Waals surface area (Å²) in [7, 11) is 0. The summed E-state index contributed by atoms with van der Waals surface area (Å²) in [5.74, 6) is -0.935. The number of carbonyl (C=O) groups is 1. The lowest BCUT2D eigenvalue weighted by Crippen LogP contribution is -2.12. The van der Waals surface area contributed by atoms with Gasteiger partial charge in [-0.3, -0.25) is 0 Å². The van der Waals surface area contributed by atoms with Gasteiger partial charge in [0.05, 0.1) is 52.9 Å². The van der Waals surface area contributed by atoms with E-state index < -0.39 is 5.97 Å². The van der Waals surface area contributed by atoms with Crippen LogP contribution in [-0.4, -0.2) is 76.1 Å². The summed E-state index contributed by atoms with van der Waals surface area (Å²) in [6.45, 7) is 10.2. The molecule has 2 heterocycles. The van der Waals surface area contributed by atoms with Crippen molar-refractivity contribution in [1.82, 2.24) is 0 Å². The number of ether oxygens (including phenoxy) is 5. The molecule has 0 aromatic rings. The van der Waals surface area contributed by atoms with Crippen molar-refractivity contribution < 1.29 is 33.6 Å². The maximum Gasteiger partial charge on any atom is 0.330 e. The van der Waals surface area contributed by atoms with Crippen LogP contribution in [0, 0.1) is 0 Å². The second kappa shape index (κ2) is 10.7. The highest BCUT2D eigenvalue weighted by Crippen LogP contribution is 2.08. The van der Waals surface area contributed by atoms with Gasteiger partial charge in [-0.05, 0) is 6.92 Å². The largest absolute Gasteiger partial charge is 0.478 e. The topological polar surface area (TPSA) is 90.0 Å². The van der Waals surface area contributed by atoms with Crippen LogP contribution in [0.25, 0.3) is 0 Å². The van der Waals surface area contributed by atoms with Crippen LogP contribution in [0.4, 0.5) is 0 Å². The first-order chi connectivity index (χ1) is 10.1. The molecule has 122 valence electrons. The lowest BCUT2D eigenvalue weighted by atomic mass is 10.4. The Labute approximate surface area is 124 Å². The zero-order valence-electron chi connectivity index (χ0n) is 12.4. The van der Waals surface area contributed by atoms with E-state index in [2.05, 4.69) is 6.58 Å². The van der Waals surface area contributed by atoms with E-state index in [0.717, 1.165) is 13.2 Å². The molecule has 2 unspecified atom stereocenters. The molecule has 2 atom stereocenters. The standard InChI is InChI=1S/C10H18O5.C4H6O2/c1(3-12-5-9-7-14-9)11-2-4-13-6-10-8-15-10;1-3(2)4(5)6/h9-10H,1-8H2;1H2,2H3,(H,5,6). The first-order valence-electron chi connectivity index (χ1n) is 6.95. The molecule has 0 aromatic carbocycles. The van der Waals surface area contributed by atoms with Gasteiger partial charge in [0.25, 0.3) is 0 Å². The molecule has 0 spiro atoms.